The number of hydrogen-bond acceptors (Lipinski definition) is 2. The Kier molecular flexibility index (Phi) is 4.31. The number of aryl methyl sites for hydroxylation is 1. The Hall–Kier alpha value is -0.900. The minimum absolute atomic E-state index is 0. The molecule has 0 aliphatic heterocycles. The third kappa shape index (κ3) is 2.68. The maximum absolute atomic E-state index is 5.94. The number of nitrogen functional groups attached to an aromatic ring is 1. The van der Waals surface area contributed by atoms with Crippen molar-refractivity contribution in [3.8, 4) is 5.69 Å². The first-order chi connectivity index (χ1) is 7.49. The second-order valence-corrected chi connectivity index (χ2v) is 4.50. The average molecular weight is 293 g/mol. The summed E-state index contributed by atoms with van der Waals surface area (Å²) in [6.45, 7) is 3.77. The number of benzene rings is 1. The van der Waals surface area contributed by atoms with Crippen molar-refractivity contribution < 1.29 is 0 Å². The van der Waals surface area contributed by atoms with E-state index in [1.165, 1.54) is 0 Å². The molecule has 2 aromatic rings. The third-order valence-corrected chi connectivity index (χ3v) is 2.88. The summed E-state index contributed by atoms with van der Waals surface area (Å²) in [5.41, 5.74) is 9.06. The second-order valence-electron chi connectivity index (χ2n) is 3.62. The van der Waals surface area contributed by atoms with Gasteiger partial charge in [-0.1, -0.05) is 23.2 Å². The van der Waals surface area contributed by atoms with Gasteiger partial charge in [0.25, 0.3) is 0 Å². The van der Waals surface area contributed by atoms with Crippen LogP contribution < -0.4 is 5.73 Å². The Balaban J connectivity index is 0.00000144. The van der Waals surface area contributed by atoms with Crippen LogP contribution in [0.3, 0.4) is 0 Å². The fourth-order valence-electron chi connectivity index (χ4n) is 1.57. The van der Waals surface area contributed by atoms with Crippen LogP contribution in [0.25, 0.3) is 5.69 Å². The summed E-state index contributed by atoms with van der Waals surface area (Å²) < 4.78 is 1.74. The van der Waals surface area contributed by atoms with E-state index in [4.69, 9.17) is 28.9 Å². The second kappa shape index (κ2) is 5.17. The number of anilines is 1. The van der Waals surface area contributed by atoms with E-state index in [1.54, 1.807) is 22.9 Å². The molecule has 0 aliphatic rings. The topological polar surface area (TPSA) is 43.8 Å². The fraction of sp³-hybridized carbons (Fsp3) is 0.182. The van der Waals surface area contributed by atoms with Crippen LogP contribution in [0, 0.1) is 13.8 Å². The van der Waals surface area contributed by atoms with Gasteiger partial charge in [-0.25, -0.2) is 4.68 Å². The van der Waals surface area contributed by atoms with Gasteiger partial charge in [-0.15, -0.1) is 12.4 Å². The highest BCUT2D eigenvalue weighted by Gasteiger charge is 2.10. The van der Waals surface area contributed by atoms with Crippen molar-refractivity contribution in [1.82, 2.24) is 9.78 Å². The molecule has 0 unspecified atom stereocenters. The summed E-state index contributed by atoms with van der Waals surface area (Å²) >= 11 is 11.9. The van der Waals surface area contributed by atoms with E-state index in [0.717, 1.165) is 17.1 Å². The average Bonchev–Trinajstić information content (AvgIpc) is 2.44. The number of aromatic nitrogens is 2. The first kappa shape index (κ1) is 14.2. The van der Waals surface area contributed by atoms with Crippen molar-refractivity contribution in [3.05, 3.63) is 39.6 Å². The highest BCUT2D eigenvalue weighted by Crippen LogP contribution is 2.25. The van der Waals surface area contributed by atoms with E-state index in [2.05, 4.69) is 5.10 Å². The predicted molar refractivity (Wildman–Crippen MR) is 74.7 cm³/mol. The standard InChI is InChI=1S/C11H11Cl2N3.ClH/c1-6-11(14)7(2)16(15-6)10-4-8(12)3-9(13)5-10;/h3-5H,14H2,1-2H3;1H. The van der Waals surface area contributed by atoms with E-state index in [0.29, 0.717) is 15.7 Å². The third-order valence-electron chi connectivity index (χ3n) is 2.44. The molecular weight excluding hydrogens is 281 g/mol. The Labute approximate surface area is 116 Å². The molecule has 92 valence electrons. The zero-order valence-corrected chi connectivity index (χ0v) is 11.7. The summed E-state index contributed by atoms with van der Waals surface area (Å²) in [6.07, 6.45) is 0. The lowest BCUT2D eigenvalue weighted by atomic mass is 10.3. The monoisotopic (exact) mass is 291 g/mol. The van der Waals surface area contributed by atoms with Gasteiger partial charge in [0.1, 0.15) is 0 Å². The van der Waals surface area contributed by atoms with Crippen molar-refractivity contribution >= 4 is 41.3 Å². The Morgan fingerprint density at radius 1 is 1.12 bits per heavy atom. The summed E-state index contributed by atoms with van der Waals surface area (Å²) in [6, 6.07) is 5.28. The van der Waals surface area contributed by atoms with E-state index in [1.807, 2.05) is 13.8 Å². The lowest BCUT2D eigenvalue weighted by Crippen LogP contribution is -1.99. The fourth-order valence-corrected chi connectivity index (χ4v) is 2.08. The minimum atomic E-state index is 0. The summed E-state index contributed by atoms with van der Waals surface area (Å²) in [7, 11) is 0. The van der Waals surface area contributed by atoms with Crippen LogP contribution in [-0.4, -0.2) is 9.78 Å². The van der Waals surface area contributed by atoms with Gasteiger partial charge in [0.05, 0.1) is 22.8 Å². The molecule has 0 spiro atoms. The SMILES string of the molecule is Cc1nn(-c2cc(Cl)cc(Cl)c2)c(C)c1N.Cl. The predicted octanol–water partition coefficient (Wildman–Crippen LogP) is 3.80. The number of rotatable bonds is 1. The minimum Gasteiger partial charge on any atom is -0.396 e. The van der Waals surface area contributed by atoms with Crippen LogP contribution in [0.15, 0.2) is 18.2 Å². The number of nitrogens with two attached hydrogens (primary N) is 1. The first-order valence-corrected chi connectivity index (χ1v) is 5.53. The molecule has 0 bridgehead atoms. The van der Waals surface area contributed by atoms with E-state index in [-0.39, 0.29) is 12.4 Å². The van der Waals surface area contributed by atoms with E-state index < -0.39 is 0 Å². The Bertz CT molecular complexity index is 529. The van der Waals surface area contributed by atoms with Gasteiger partial charge in [0.15, 0.2) is 0 Å². The van der Waals surface area contributed by atoms with Gasteiger partial charge in [-0.2, -0.15) is 5.10 Å². The van der Waals surface area contributed by atoms with Crippen LogP contribution >= 0.6 is 35.6 Å². The zero-order valence-electron chi connectivity index (χ0n) is 9.37. The largest absolute Gasteiger partial charge is 0.396 e. The molecule has 3 nitrogen and oxygen atoms in total. The molecule has 0 atom stereocenters. The lowest BCUT2D eigenvalue weighted by Gasteiger charge is -2.05. The first-order valence-electron chi connectivity index (χ1n) is 4.77. The summed E-state index contributed by atoms with van der Waals surface area (Å²) in [5.74, 6) is 0. The molecule has 2 rings (SSSR count). The van der Waals surface area contributed by atoms with E-state index >= 15 is 0 Å². The van der Waals surface area contributed by atoms with E-state index in [9.17, 15) is 0 Å². The van der Waals surface area contributed by atoms with Crippen LogP contribution in [-0.2, 0) is 0 Å². The molecule has 2 N–H and O–H groups in total. The smallest absolute Gasteiger partial charge is 0.0830 e. The Morgan fingerprint density at radius 3 is 2.06 bits per heavy atom. The summed E-state index contributed by atoms with van der Waals surface area (Å²) in [5, 5.41) is 5.49. The molecule has 0 saturated heterocycles. The van der Waals surface area contributed by atoms with Crippen molar-refractivity contribution in [3.63, 3.8) is 0 Å². The highest BCUT2D eigenvalue weighted by atomic mass is 35.5. The van der Waals surface area contributed by atoms with Gasteiger partial charge in [-0.3, -0.25) is 0 Å². The van der Waals surface area contributed by atoms with Gasteiger partial charge in [0, 0.05) is 10.0 Å². The molecule has 17 heavy (non-hydrogen) atoms. The summed E-state index contributed by atoms with van der Waals surface area (Å²) in [4.78, 5) is 0. The molecule has 6 heteroatoms. The Morgan fingerprint density at radius 2 is 1.65 bits per heavy atom. The van der Waals surface area contributed by atoms with Crippen molar-refractivity contribution in [2.45, 2.75) is 13.8 Å². The molecule has 0 amide bonds. The molecule has 0 aliphatic carbocycles. The molecule has 1 aromatic carbocycles. The molecular formula is C11H12Cl3N3. The maximum atomic E-state index is 5.94. The van der Waals surface area contributed by atoms with Crippen molar-refractivity contribution in [2.24, 2.45) is 0 Å². The highest BCUT2D eigenvalue weighted by molar-refractivity contribution is 6.34. The molecule has 0 fully saturated rings. The zero-order chi connectivity index (χ0) is 11.9. The van der Waals surface area contributed by atoms with Crippen molar-refractivity contribution in [1.29, 1.82) is 0 Å². The van der Waals surface area contributed by atoms with Crippen molar-refractivity contribution in [2.75, 3.05) is 5.73 Å². The quantitative estimate of drug-likeness (QED) is 0.869. The molecule has 1 heterocycles. The molecule has 0 radical (unpaired) electrons. The molecule has 1 aromatic heterocycles. The van der Waals surface area contributed by atoms with Crippen LogP contribution in [0.1, 0.15) is 11.4 Å². The van der Waals surface area contributed by atoms with Gasteiger partial charge < -0.3 is 5.73 Å². The normalized spacial score (nSPS) is 10.1. The van der Waals surface area contributed by atoms with Crippen LogP contribution in [0.4, 0.5) is 5.69 Å². The maximum Gasteiger partial charge on any atom is 0.0830 e. The number of hydrogen-bond donors (Lipinski definition) is 1. The number of halogens is 3. The van der Waals surface area contributed by atoms with Crippen LogP contribution in [0.2, 0.25) is 10.0 Å². The lowest BCUT2D eigenvalue weighted by molar-refractivity contribution is 0.834. The number of nitrogens with zero attached hydrogens (tertiary/aromatic N) is 2. The van der Waals surface area contributed by atoms with Crippen LogP contribution in [0.5, 0.6) is 0 Å². The molecule has 0 saturated carbocycles. The van der Waals surface area contributed by atoms with Gasteiger partial charge >= 0.3 is 0 Å². The van der Waals surface area contributed by atoms with Gasteiger partial charge in [-0.05, 0) is 32.0 Å². The van der Waals surface area contributed by atoms with Gasteiger partial charge in [0.2, 0.25) is 0 Å².